The van der Waals surface area contributed by atoms with Crippen LogP contribution in [-0.2, 0) is 20.8 Å². The molecule has 0 amide bonds. The Labute approximate surface area is 157 Å². The van der Waals surface area contributed by atoms with Gasteiger partial charge in [0, 0.05) is 24.5 Å². The van der Waals surface area contributed by atoms with Crippen LogP contribution in [0.25, 0.3) is 0 Å². The molecule has 0 aromatic heterocycles. The number of ether oxygens (including phenoxy) is 1. The smallest absolute Gasteiger partial charge is 0.333 e. The third-order valence-electron chi connectivity index (χ3n) is 4.24. The van der Waals surface area contributed by atoms with Crippen molar-refractivity contribution in [2.75, 3.05) is 6.61 Å². The van der Waals surface area contributed by atoms with Gasteiger partial charge in [-0.05, 0) is 41.8 Å². The van der Waals surface area contributed by atoms with Crippen LogP contribution in [0.3, 0.4) is 0 Å². The molecule has 0 aliphatic carbocycles. The van der Waals surface area contributed by atoms with Gasteiger partial charge < -0.3 is 14.7 Å². The lowest BCUT2D eigenvalue weighted by Crippen LogP contribution is -2.26. The van der Waals surface area contributed by atoms with Crippen LogP contribution in [0.1, 0.15) is 36.1 Å². The highest BCUT2D eigenvalue weighted by Crippen LogP contribution is 2.30. The predicted octanol–water partition coefficient (Wildman–Crippen LogP) is 4.24. The number of aliphatic carboxylic acids is 1. The highest BCUT2D eigenvalue weighted by molar-refractivity contribution is 6.30. The van der Waals surface area contributed by atoms with Crippen molar-refractivity contribution in [3.8, 4) is 0 Å². The molecule has 1 unspecified atom stereocenters. The first-order valence-electron chi connectivity index (χ1n) is 8.48. The van der Waals surface area contributed by atoms with Crippen molar-refractivity contribution in [1.29, 1.82) is 0 Å². The SMILES string of the molecule is CCO[C@@H](Cc1cccc(C2=NOC(c3ccc(Cl)cc3)C2)c1)C(=O)O. The molecule has 1 N–H and O–H groups in total. The van der Waals surface area contributed by atoms with Crippen LogP contribution in [0.5, 0.6) is 0 Å². The van der Waals surface area contributed by atoms with Crippen molar-refractivity contribution in [3.63, 3.8) is 0 Å². The Morgan fingerprint density at radius 3 is 2.81 bits per heavy atom. The Morgan fingerprint density at radius 1 is 1.35 bits per heavy atom. The maximum absolute atomic E-state index is 11.3. The second kappa shape index (κ2) is 8.34. The van der Waals surface area contributed by atoms with Crippen LogP contribution in [0, 0.1) is 0 Å². The maximum Gasteiger partial charge on any atom is 0.333 e. The number of hydrogen-bond donors (Lipinski definition) is 1. The number of halogens is 1. The molecule has 2 aromatic rings. The summed E-state index contributed by atoms with van der Waals surface area (Å²) in [5, 5.41) is 14.1. The minimum Gasteiger partial charge on any atom is -0.479 e. The molecular formula is C20H20ClNO4. The fraction of sp³-hybridized carbons (Fsp3) is 0.300. The largest absolute Gasteiger partial charge is 0.479 e. The highest BCUT2D eigenvalue weighted by Gasteiger charge is 2.24. The number of rotatable bonds is 7. The Morgan fingerprint density at radius 2 is 2.12 bits per heavy atom. The van der Waals surface area contributed by atoms with Gasteiger partial charge in [-0.2, -0.15) is 0 Å². The average molecular weight is 374 g/mol. The number of nitrogens with zero attached hydrogens (tertiary/aromatic N) is 1. The van der Waals surface area contributed by atoms with Gasteiger partial charge in [-0.3, -0.25) is 0 Å². The minimum atomic E-state index is -0.957. The fourth-order valence-corrected chi connectivity index (χ4v) is 3.04. The summed E-state index contributed by atoms with van der Waals surface area (Å²) < 4.78 is 5.29. The molecule has 0 bridgehead atoms. The molecule has 0 saturated carbocycles. The minimum absolute atomic E-state index is 0.138. The molecule has 1 aliphatic rings. The molecule has 0 fully saturated rings. The van der Waals surface area contributed by atoms with Crippen LogP contribution < -0.4 is 0 Å². The van der Waals surface area contributed by atoms with Gasteiger partial charge in [-0.15, -0.1) is 0 Å². The van der Waals surface area contributed by atoms with E-state index in [1.165, 1.54) is 0 Å². The van der Waals surface area contributed by atoms with E-state index in [9.17, 15) is 9.90 Å². The third-order valence-corrected chi connectivity index (χ3v) is 4.49. The van der Waals surface area contributed by atoms with Crippen LogP contribution in [0.4, 0.5) is 0 Å². The molecule has 0 spiro atoms. The Balaban J connectivity index is 1.70. The lowest BCUT2D eigenvalue weighted by atomic mass is 9.97. The first-order chi connectivity index (χ1) is 12.6. The van der Waals surface area contributed by atoms with E-state index in [4.69, 9.17) is 21.2 Å². The summed E-state index contributed by atoms with van der Waals surface area (Å²) in [7, 11) is 0. The predicted molar refractivity (Wildman–Crippen MR) is 99.6 cm³/mol. The van der Waals surface area contributed by atoms with Gasteiger partial charge >= 0.3 is 5.97 Å². The summed E-state index contributed by atoms with van der Waals surface area (Å²) in [5.74, 6) is -0.957. The average Bonchev–Trinajstić information content (AvgIpc) is 3.12. The van der Waals surface area contributed by atoms with Crippen molar-refractivity contribution >= 4 is 23.3 Å². The molecule has 2 aromatic carbocycles. The van der Waals surface area contributed by atoms with Gasteiger partial charge in [0.15, 0.2) is 12.2 Å². The van der Waals surface area contributed by atoms with E-state index < -0.39 is 12.1 Å². The summed E-state index contributed by atoms with van der Waals surface area (Å²) >= 11 is 5.92. The lowest BCUT2D eigenvalue weighted by molar-refractivity contribution is -0.149. The molecule has 0 radical (unpaired) electrons. The summed E-state index contributed by atoms with van der Waals surface area (Å²) in [5.41, 5.74) is 3.68. The van der Waals surface area contributed by atoms with Crippen LogP contribution in [0.15, 0.2) is 53.7 Å². The number of carbonyl (C=O) groups is 1. The van der Waals surface area contributed by atoms with Gasteiger partial charge in [0.2, 0.25) is 0 Å². The van der Waals surface area contributed by atoms with E-state index in [0.717, 1.165) is 22.4 Å². The monoisotopic (exact) mass is 373 g/mol. The van der Waals surface area contributed by atoms with E-state index in [1.807, 2.05) is 48.5 Å². The van der Waals surface area contributed by atoms with Crippen molar-refractivity contribution in [1.82, 2.24) is 0 Å². The summed E-state index contributed by atoms with van der Waals surface area (Å²) in [6, 6.07) is 15.2. The molecule has 1 heterocycles. The highest BCUT2D eigenvalue weighted by atomic mass is 35.5. The second-order valence-electron chi connectivity index (χ2n) is 6.07. The number of carboxylic acid groups (broad SMARTS) is 1. The van der Waals surface area contributed by atoms with E-state index in [0.29, 0.717) is 24.5 Å². The van der Waals surface area contributed by atoms with Gasteiger partial charge in [0.05, 0.1) is 5.71 Å². The summed E-state index contributed by atoms with van der Waals surface area (Å²) in [4.78, 5) is 16.9. The molecule has 1 aliphatic heterocycles. The fourth-order valence-electron chi connectivity index (χ4n) is 2.91. The molecule has 136 valence electrons. The van der Waals surface area contributed by atoms with E-state index >= 15 is 0 Å². The zero-order valence-electron chi connectivity index (χ0n) is 14.4. The molecular weight excluding hydrogens is 354 g/mol. The second-order valence-corrected chi connectivity index (χ2v) is 6.51. The molecule has 3 rings (SSSR count). The van der Waals surface area contributed by atoms with Gasteiger partial charge in [-0.1, -0.05) is 47.1 Å². The molecule has 0 saturated heterocycles. The molecule has 26 heavy (non-hydrogen) atoms. The van der Waals surface area contributed by atoms with E-state index in [-0.39, 0.29) is 6.10 Å². The van der Waals surface area contributed by atoms with Gasteiger partial charge in [0.1, 0.15) is 0 Å². The van der Waals surface area contributed by atoms with Gasteiger partial charge in [0.25, 0.3) is 0 Å². The first kappa shape index (κ1) is 18.4. The maximum atomic E-state index is 11.3. The molecule has 5 nitrogen and oxygen atoms in total. The normalized spacial score (nSPS) is 17.5. The zero-order chi connectivity index (χ0) is 18.5. The number of oxime groups is 1. The van der Waals surface area contributed by atoms with Gasteiger partial charge in [-0.25, -0.2) is 4.79 Å². The van der Waals surface area contributed by atoms with Crippen molar-refractivity contribution in [2.45, 2.75) is 32.0 Å². The topological polar surface area (TPSA) is 68.1 Å². The summed E-state index contributed by atoms with van der Waals surface area (Å²) in [6.45, 7) is 2.15. The number of hydrogen-bond acceptors (Lipinski definition) is 4. The Bertz CT molecular complexity index is 804. The van der Waals surface area contributed by atoms with Crippen molar-refractivity contribution < 1.29 is 19.5 Å². The number of carboxylic acids is 1. The van der Waals surface area contributed by atoms with Crippen molar-refractivity contribution in [2.24, 2.45) is 5.16 Å². The van der Waals surface area contributed by atoms with Crippen LogP contribution >= 0.6 is 11.6 Å². The van der Waals surface area contributed by atoms with Crippen LogP contribution in [-0.4, -0.2) is 29.5 Å². The number of benzene rings is 2. The van der Waals surface area contributed by atoms with Crippen molar-refractivity contribution in [3.05, 3.63) is 70.2 Å². The van der Waals surface area contributed by atoms with E-state index in [2.05, 4.69) is 5.16 Å². The molecule has 2 atom stereocenters. The molecule has 6 heteroatoms. The van der Waals surface area contributed by atoms with E-state index in [1.54, 1.807) is 6.92 Å². The zero-order valence-corrected chi connectivity index (χ0v) is 15.1. The third kappa shape index (κ3) is 4.42. The summed E-state index contributed by atoms with van der Waals surface area (Å²) in [6.07, 6.45) is -0.0232. The quantitative estimate of drug-likeness (QED) is 0.788. The Kier molecular flexibility index (Phi) is 5.91. The standard InChI is InChI=1S/C20H20ClNO4/c1-2-25-19(20(23)24)11-13-4-3-5-15(10-13)17-12-18(26-22-17)14-6-8-16(21)9-7-14/h3-10,18-19H,2,11-12H2,1H3,(H,23,24)/t18?,19-/m0/s1. The Hall–Kier alpha value is -2.37. The lowest BCUT2D eigenvalue weighted by Gasteiger charge is -2.13. The van der Waals surface area contributed by atoms with Crippen LogP contribution in [0.2, 0.25) is 5.02 Å². The first-order valence-corrected chi connectivity index (χ1v) is 8.86.